The van der Waals surface area contributed by atoms with E-state index in [0.29, 0.717) is 0 Å². The quantitative estimate of drug-likeness (QED) is 0.732. The molecule has 15 heavy (non-hydrogen) atoms. The zero-order chi connectivity index (χ0) is 11.8. The summed E-state index contributed by atoms with van der Waals surface area (Å²) >= 11 is 2.05. The van der Waals surface area contributed by atoms with Crippen LogP contribution in [0.5, 0.6) is 0 Å². The lowest BCUT2D eigenvalue weighted by Crippen LogP contribution is -2.39. The molecule has 0 radical (unpaired) electrons. The van der Waals surface area contributed by atoms with E-state index in [9.17, 15) is 0 Å². The topological polar surface area (TPSA) is 24.1 Å². The van der Waals surface area contributed by atoms with Crippen LogP contribution in [0.3, 0.4) is 0 Å². The number of hydrogen-bond acceptors (Lipinski definition) is 3. The third kappa shape index (κ3) is 20.4. The zero-order valence-electron chi connectivity index (χ0n) is 11.1. The van der Waals surface area contributed by atoms with Crippen molar-refractivity contribution in [3.05, 3.63) is 0 Å². The van der Waals surface area contributed by atoms with Gasteiger partial charge in [-0.05, 0) is 24.3 Å². The third-order valence-corrected chi connectivity index (χ3v) is 3.05. The first-order chi connectivity index (χ1) is 7.41. The van der Waals surface area contributed by atoms with Gasteiger partial charge in [0.1, 0.15) is 0 Å². The molecule has 2 nitrogen and oxygen atoms in total. The van der Waals surface area contributed by atoms with Crippen LogP contribution in [0.4, 0.5) is 0 Å². The number of thioether (sulfide) groups is 1. The van der Waals surface area contributed by atoms with Gasteiger partial charge < -0.3 is 10.6 Å². The molecule has 3 heteroatoms. The fraction of sp³-hybridized carbons (Fsp3) is 1.00. The maximum Gasteiger partial charge on any atom is 0.00772 e. The molecule has 0 bridgehead atoms. The van der Waals surface area contributed by atoms with Crippen LogP contribution in [0.1, 0.15) is 40.5 Å². The Balaban J connectivity index is 0. The molecule has 1 aliphatic rings. The molecule has 0 aliphatic carbocycles. The summed E-state index contributed by atoms with van der Waals surface area (Å²) in [5.74, 6) is 2.68. The van der Waals surface area contributed by atoms with E-state index >= 15 is 0 Å². The number of hydrogen-bond donors (Lipinski definition) is 2. The Kier molecular flexibility index (Phi) is 23.3. The molecule has 0 aromatic carbocycles. The summed E-state index contributed by atoms with van der Waals surface area (Å²) in [6, 6.07) is 0. The van der Waals surface area contributed by atoms with Crippen molar-refractivity contribution in [1.82, 2.24) is 10.6 Å². The lowest BCUT2D eigenvalue weighted by atomic mass is 10.4. The van der Waals surface area contributed by atoms with Crippen LogP contribution in [-0.2, 0) is 0 Å². The zero-order valence-corrected chi connectivity index (χ0v) is 11.9. The lowest BCUT2D eigenvalue weighted by Gasteiger charge is -2.11. The predicted molar refractivity (Wildman–Crippen MR) is 75.0 cm³/mol. The molecule has 2 N–H and O–H groups in total. The van der Waals surface area contributed by atoms with E-state index in [1.807, 2.05) is 13.8 Å². The van der Waals surface area contributed by atoms with Gasteiger partial charge in [0.15, 0.2) is 0 Å². The van der Waals surface area contributed by atoms with Gasteiger partial charge in [-0.25, -0.2) is 0 Å². The van der Waals surface area contributed by atoms with E-state index in [0.717, 1.165) is 26.2 Å². The second-order valence-corrected chi connectivity index (χ2v) is 4.34. The summed E-state index contributed by atoms with van der Waals surface area (Å²) in [5.41, 5.74) is 0. The normalized spacial score (nSPS) is 14.4. The standard InChI is InChI=1S/C6H14S.C4H10N2.C2H6/c1-3-5-7-6-4-2;1-2-6-4-3-5-1;1-2/h3-6H2,1-2H3;5-6H,1-4H2;1-2H3. The van der Waals surface area contributed by atoms with Gasteiger partial charge in [-0.1, -0.05) is 27.7 Å². The third-order valence-electron chi connectivity index (χ3n) is 1.65. The molecule has 1 rings (SSSR count). The minimum absolute atomic E-state index is 1.14. The molecular formula is C12H30N2S. The van der Waals surface area contributed by atoms with E-state index in [2.05, 4.69) is 36.2 Å². The van der Waals surface area contributed by atoms with E-state index in [1.165, 1.54) is 24.3 Å². The molecule has 1 aliphatic heterocycles. The van der Waals surface area contributed by atoms with Crippen LogP contribution >= 0.6 is 11.8 Å². The Morgan fingerprint density at radius 2 is 1.13 bits per heavy atom. The molecule has 1 heterocycles. The van der Waals surface area contributed by atoms with Crippen molar-refractivity contribution in [1.29, 1.82) is 0 Å². The maximum atomic E-state index is 3.22. The average Bonchev–Trinajstić information content (AvgIpc) is 2.35. The van der Waals surface area contributed by atoms with Crippen molar-refractivity contribution in [2.75, 3.05) is 37.7 Å². The predicted octanol–water partition coefficient (Wildman–Crippen LogP) is 2.75. The Labute approximate surface area is 101 Å². The van der Waals surface area contributed by atoms with Crippen LogP contribution in [0, 0.1) is 0 Å². The summed E-state index contributed by atoms with van der Waals surface area (Å²) < 4.78 is 0. The highest BCUT2D eigenvalue weighted by Gasteiger charge is 1.91. The molecule has 0 saturated carbocycles. The van der Waals surface area contributed by atoms with Gasteiger partial charge in [0.25, 0.3) is 0 Å². The number of nitrogens with one attached hydrogen (secondary N) is 2. The van der Waals surface area contributed by atoms with Crippen molar-refractivity contribution in [2.45, 2.75) is 40.5 Å². The van der Waals surface area contributed by atoms with Crippen molar-refractivity contribution < 1.29 is 0 Å². The largest absolute Gasteiger partial charge is 0.314 e. The molecule has 0 unspecified atom stereocenters. The summed E-state index contributed by atoms with van der Waals surface area (Å²) in [6.07, 6.45) is 2.65. The second-order valence-electron chi connectivity index (χ2n) is 3.11. The van der Waals surface area contributed by atoms with Crippen LogP contribution in [0.2, 0.25) is 0 Å². The SMILES string of the molecule is C1CNCCN1.CC.CCCSCCC. The van der Waals surface area contributed by atoms with Crippen LogP contribution < -0.4 is 10.6 Å². The van der Waals surface area contributed by atoms with Crippen LogP contribution in [-0.4, -0.2) is 37.7 Å². The second kappa shape index (κ2) is 19.8. The highest BCUT2D eigenvalue weighted by Crippen LogP contribution is 2.02. The molecule has 0 amide bonds. The van der Waals surface area contributed by atoms with Gasteiger partial charge in [-0.3, -0.25) is 0 Å². The van der Waals surface area contributed by atoms with Crippen molar-refractivity contribution in [3.63, 3.8) is 0 Å². The van der Waals surface area contributed by atoms with Crippen LogP contribution in [0.15, 0.2) is 0 Å². The van der Waals surface area contributed by atoms with Gasteiger partial charge >= 0.3 is 0 Å². The smallest absolute Gasteiger partial charge is 0.00772 e. The Hall–Kier alpha value is 0.270. The first kappa shape index (κ1) is 17.7. The Morgan fingerprint density at radius 3 is 1.33 bits per heavy atom. The highest BCUT2D eigenvalue weighted by molar-refractivity contribution is 7.99. The summed E-state index contributed by atoms with van der Waals surface area (Å²) in [4.78, 5) is 0. The monoisotopic (exact) mass is 234 g/mol. The minimum Gasteiger partial charge on any atom is -0.314 e. The summed E-state index contributed by atoms with van der Waals surface area (Å²) in [6.45, 7) is 13.0. The van der Waals surface area contributed by atoms with Gasteiger partial charge in [-0.2, -0.15) is 11.8 Å². The van der Waals surface area contributed by atoms with Crippen molar-refractivity contribution in [2.24, 2.45) is 0 Å². The molecule has 0 aromatic heterocycles. The van der Waals surface area contributed by atoms with Gasteiger partial charge in [-0.15, -0.1) is 0 Å². The molecule has 0 aromatic rings. The lowest BCUT2D eigenvalue weighted by molar-refractivity contribution is 0.534. The van der Waals surface area contributed by atoms with E-state index in [1.54, 1.807) is 0 Å². The first-order valence-electron chi connectivity index (χ1n) is 6.41. The Morgan fingerprint density at radius 1 is 0.800 bits per heavy atom. The average molecular weight is 234 g/mol. The molecular weight excluding hydrogens is 204 g/mol. The molecule has 0 spiro atoms. The summed E-state index contributed by atoms with van der Waals surface area (Å²) in [7, 11) is 0. The number of rotatable bonds is 4. The highest BCUT2D eigenvalue weighted by atomic mass is 32.2. The van der Waals surface area contributed by atoms with Gasteiger partial charge in [0.2, 0.25) is 0 Å². The van der Waals surface area contributed by atoms with Crippen molar-refractivity contribution in [3.8, 4) is 0 Å². The molecule has 1 fully saturated rings. The summed E-state index contributed by atoms with van der Waals surface area (Å²) in [5, 5.41) is 6.44. The van der Waals surface area contributed by atoms with Gasteiger partial charge in [0.05, 0.1) is 0 Å². The van der Waals surface area contributed by atoms with E-state index < -0.39 is 0 Å². The molecule has 94 valence electrons. The van der Waals surface area contributed by atoms with E-state index in [-0.39, 0.29) is 0 Å². The van der Waals surface area contributed by atoms with Gasteiger partial charge in [0, 0.05) is 26.2 Å². The molecule has 1 saturated heterocycles. The minimum atomic E-state index is 1.14. The fourth-order valence-corrected chi connectivity index (χ4v) is 1.78. The van der Waals surface area contributed by atoms with Crippen LogP contribution in [0.25, 0.3) is 0 Å². The maximum absolute atomic E-state index is 3.22. The first-order valence-corrected chi connectivity index (χ1v) is 7.56. The molecule has 0 atom stereocenters. The number of piperazine rings is 1. The van der Waals surface area contributed by atoms with Crippen molar-refractivity contribution >= 4 is 11.8 Å². The Bertz CT molecular complexity index is 70.2. The fourth-order valence-electron chi connectivity index (χ4n) is 0.994. The van der Waals surface area contributed by atoms with E-state index in [4.69, 9.17) is 0 Å².